The summed E-state index contributed by atoms with van der Waals surface area (Å²) in [4.78, 5) is 0. The van der Waals surface area contributed by atoms with E-state index < -0.39 is 10.8 Å². The molecule has 2 atom stereocenters. The van der Waals surface area contributed by atoms with E-state index in [-0.39, 0.29) is 6.04 Å². The van der Waals surface area contributed by atoms with Gasteiger partial charge >= 0.3 is 0 Å². The molecule has 1 N–H and O–H groups in total. The molecule has 0 saturated carbocycles. The first-order chi connectivity index (χ1) is 7.63. The average molecular weight is 236 g/mol. The Kier molecular flexibility index (Phi) is 5.17. The molecule has 0 aliphatic carbocycles. The number of nitrogens with one attached hydrogen (secondary N) is 1. The predicted octanol–water partition coefficient (Wildman–Crippen LogP) is 1.59. The molecule has 1 rings (SSSR count). The maximum atomic E-state index is 10.9. The number of rotatable bonds is 5. The smallest absolute Gasteiger partial charge is 0.0991 e. The van der Waals surface area contributed by atoms with Crippen molar-refractivity contribution in [3.63, 3.8) is 0 Å². The first kappa shape index (κ1) is 12.9. The summed E-state index contributed by atoms with van der Waals surface area (Å²) in [6.07, 6.45) is 1.70. The van der Waals surface area contributed by atoms with Crippen molar-refractivity contribution < 1.29 is 4.21 Å². The second-order valence-electron chi connectivity index (χ2n) is 3.69. The van der Waals surface area contributed by atoms with Gasteiger partial charge in [0.15, 0.2) is 0 Å². The van der Waals surface area contributed by atoms with Crippen LogP contribution in [0.5, 0.6) is 0 Å². The Morgan fingerprint density at radius 2 is 2.06 bits per heavy atom. The van der Waals surface area contributed by atoms with E-state index in [9.17, 15) is 4.21 Å². The molecule has 0 radical (unpaired) electrons. The summed E-state index contributed by atoms with van der Waals surface area (Å²) in [5.41, 5.74) is 1.81. The number of nitriles is 1. The van der Waals surface area contributed by atoms with Crippen LogP contribution in [0.3, 0.4) is 0 Å². The maximum Gasteiger partial charge on any atom is 0.0991 e. The molecule has 86 valence electrons. The van der Waals surface area contributed by atoms with E-state index >= 15 is 0 Å². The Labute approximate surface area is 98.9 Å². The molecule has 0 amide bonds. The second-order valence-corrected chi connectivity index (χ2v) is 5.24. The van der Waals surface area contributed by atoms with Gasteiger partial charge in [0.25, 0.3) is 0 Å². The summed E-state index contributed by atoms with van der Waals surface area (Å²) < 4.78 is 10.9. The molecular weight excluding hydrogens is 220 g/mol. The van der Waals surface area contributed by atoms with Crippen molar-refractivity contribution in [3.8, 4) is 6.07 Å². The van der Waals surface area contributed by atoms with Gasteiger partial charge in [-0.15, -0.1) is 0 Å². The van der Waals surface area contributed by atoms with Gasteiger partial charge in [-0.05, 0) is 24.6 Å². The highest BCUT2D eigenvalue weighted by atomic mass is 32.2. The van der Waals surface area contributed by atoms with Crippen molar-refractivity contribution in [2.45, 2.75) is 13.0 Å². The first-order valence-corrected chi connectivity index (χ1v) is 6.89. The minimum absolute atomic E-state index is 0.219. The normalized spacial score (nSPS) is 14.1. The van der Waals surface area contributed by atoms with E-state index in [0.717, 1.165) is 12.1 Å². The number of hydrogen-bond donors (Lipinski definition) is 1. The summed E-state index contributed by atoms with van der Waals surface area (Å²) in [6.45, 7) is 2.80. The largest absolute Gasteiger partial charge is 0.309 e. The summed E-state index contributed by atoms with van der Waals surface area (Å²) >= 11 is 0. The standard InChI is InChI=1S/C12H16N2OS/c1-10(14-7-8-16(2)15)12-5-3-11(9-13)4-6-12/h3-6,10,14H,7-8H2,1-2H3. The molecular formula is C12H16N2OS. The Hall–Kier alpha value is -1.18. The lowest BCUT2D eigenvalue weighted by Crippen LogP contribution is -2.23. The molecule has 0 bridgehead atoms. The van der Waals surface area contributed by atoms with E-state index in [1.54, 1.807) is 6.26 Å². The first-order valence-electron chi connectivity index (χ1n) is 5.17. The van der Waals surface area contributed by atoms with Crippen molar-refractivity contribution in [2.75, 3.05) is 18.6 Å². The number of nitrogens with zero attached hydrogens (tertiary/aromatic N) is 1. The molecule has 0 aliphatic heterocycles. The molecule has 0 heterocycles. The fourth-order valence-corrected chi connectivity index (χ4v) is 1.79. The lowest BCUT2D eigenvalue weighted by atomic mass is 10.1. The van der Waals surface area contributed by atoms with E-state index in [0.29, 0.717) is 11.3 Å². The Morgan fingerprint density at radius 3 is 2.56 bits per heavy atom. The summed E-state index contributed by atoms with van der Waals surface area (Å²) in [6, 6.07) is 9.82. The van der Waals surface area contributed by atoms with Gasteiger partial charge in [-0.25, -0.2) is 0 Å². The maximum absolute atomic E-state index is 10.9. The van der Waals surface area contributed by atoms with E-state index in [1.807, 2.05) is 24.3 Å². The van der Waals surface area contributed by atoms with Gasteiger partial charge in [-0.3, -0.25) is 4.21 Å². The van der Waals surface area contributed by atoms with Crippen LogP contribution in [0.15, 0.2) is 24.3 Å². The van der Waals surface area contributed by atoms with Crippen molar-refractivity contribution >= 4 is 10.8 Å². The Bertz CT molecular complexity index is 394. The zero-order valence-electron chi connectivity index (χ0n) is 9.56. The minimum atomic E-state index is -0.749. The minimum Gasteiger partial charge on any atom is -0.309 e. The van der Waals surface area contributed by atoms with Crippen LogP contribution in [-0.2, 0) is 10.8 Å². The van der Waals surface area contributed by atoms with Gasteiger partial charge in [0, 0.05) is 35.4 Å². The monoisotopic (exact) mass is 236 g/mol. The molecule has 2 unspecified atom stereocenters. The van der Waals surface area contributed by atoms with Gasteiger partial charge < -0.3 is 5.32 Å². The van der Waals surface area contributed by atoms with E-state index in [1.165, 1.54) is 0 Å². The van der Waals surface area contributed by atoms with Crippen LogP contribution >= 0.6 is 0 Å². The third kappa shape index (κ3) is 4.13. The highest BCUT2D eigenvalue weighted by molar-refractivity contribution is 7.84. The van der Waals surface area contributed by atoms with E-state index in [2.05, 4.69) is 18.3 Å². The van der Waals surface area contributed by atoms with Crippen LogP contribution in [0.4, 0.5) is 0 Å². The van der Waals surface area contributed by atoms with Gasteiger partial charge in [0.05, 0.1) is 11.6 Å². The fourth-order valence-electron chi connectivity index (χ4n) is 1.38. The molecule has 1 aromatic rings. The van der Waals surface area contributed by atoms with E-state index in [4.69, 9.17) is 5.26 Å². The summed E-state index contributed by atoms with van der Waals surface area (Å²) in [5, 5.41) is 12.0. The van der Waals surface area contributed by atoms with Crippen LogP contribution in [0.1, 0.15) is 24.1 Å². The third-order valence-electron chi connectivity index (χ3n) is 2.38. The molecule has 16 heavy (non-hydrogen) atoms. The van der Waals surface area contributed by atoms with Crippen LogP contribution in [0, 0.1) is 11.3 Å². The van der Waals surface area contributed by atoms with Gasteiger partial charge in [-0.2, -0.15) is 5.26 Å². The summed E-state index contributed by atoms with van der Waals surface area (Å²) in [7, 11) is -0.749. The van der Waals surface area contributed by atoms with Crippen molar-refractivity contribution in [1.29, 1.82) is 5.26 Å². The second kappa shape index (κ2) is 6.41. The van der Waals surface area contributed by atoms with Gasteiger partial charge in [-0.1, -0.05) is 12.1 Å². The predicted molar refractivity (Wildman–Crippen MR) is 66.5 cm³/mol. The molecule has 0 spiro atoms. The topological polar surface area (TPSA) is 52.9 Å². The summed E-state index contributed by atoms with van der Waals surface area (Å²) in [5.74, 6) is 0.667. The molecule has 3 nitrogen and oxygen atoms in total. The molecule has 4 heteroatoms. The van der Waals surface area contributed by atoms with Crippen LogP contribution in [0.2, 0.25) is 0 Å². The number of hydrogen-bond acceptors (Lipinski definition) is 3. The lowest BCUT2D eigenvalue weighted by Gasteiger charge is -2.13. The average Bonchev–Trinajstić information content (AvgIpc) is 2.28. The van der Waals surface area contributed by atoms with Gasteiger partial charge in [0.1, 0.15) is 0 Å². The highest BCUT2D eigenvalue weighted by Gasteiger charge is 2.04. The SMILES string of the molecule is CC(NCCS(C)=O)c1ccc(C#N)cc1. The van der Waals surface area contributed by atoms with Crippen molar-refractivity contribution in [2.24, 2.45) is 0 Å². The molecule has 1 aromatic carbocycles. The molecule has 0 fully saturated rings. The van der Waals surface area contributed by atoms with Crippen LogP contribution < -0.4 is 5.32 Å². The van der Waals surface area contributed by atoms with Crippen molar-refractivity contribution in [3.05, 3.63) is 35.4 Å². The Balaban J connectivity index is 2.49. The zero-order valence-corrected chi connectivity index (χ0v) is 10.4. The quantitative estimate of drug-likeness (QED) is 0.844. The van der Waals surface area contributed by atoms with Crippen molar-refractivity contribution in [1.82, 2.24) is 5.32 Å². The third-order valence-corrected chi connectivity index (χ3v) is 3.16. The highest BCUT2D eigenvalue weighted by Crippen LogP contribution is 2.12. The van der Waals surface area contributed by atoms with Crippen LogP contribution in [0.25, 0.3) is 0 Å². The Morgan fingerprint density at radius 1 is 1.44 bits per heavy atom. The zero-order chi connectivity index (χ0) is 12.0. The number of benzene rings is 1. The van der Waals surface area contributed by atoms with Gasteiger partial charge in [0.2, 0.25) is 0 Å². The fraction of sp³-hybridized carbons (Fsp3) is 0.417. The molecule has 0 aromatic heterocycles. The van der Waals surface area contributed by atoms with Crippen LogP contribution in [-0.4, -0.2) is 22.8 Å². The lowest BCUT2D eigenvalue weighted by molar-refractivity contribution is 0.597. The molecule has 0 saturated heterocycles. The molecule has 0 aliphatic rings.